The van der Waals surface area contributed by atoms with Gasteiger partial charge < -0.3 is 10.6 Å². The zero-order valence-corrected chi connectivity index (χ0v) is 14.2. The second kappa shape index (κ2) is 6.84. The van der Waals surface area contributed by atoms with Crippen molar-refractivity contribution in [2.45, 2.75) is 12.5 Å². The molecule has 0 unspecified atom stereocenters. The van der Waals surface area contributed by atoms with Gasteiger partial charge in [-0.15, -0.1) is 0 Å². The summed E-state index contributed by atoms with van der Waals surface area (Å²) in [6.07, 6.45) is 1.29. The van der Waals surface area contributed by atoms with Crippen LogP contribution in [0.25, 0.3) is 11.1 Å². The minimum Gasteiger partial charge on any atom is -0.324 e. The Morgan fingerprint density at radius 2 is 1.86 bits per heavy atom. The number of halogens is 3. The van der Waals surface area contributed by atoms with Gasteiger partial charge in [0.25, 0.3) is 0 Å². The van der Waals surface area contributed by atoms with Gasteiger partial charge in [-0.25, -0.2) is 17.9 Å². The van der Waals surface area contributed by atoms with Gasteiger partial charge >= 0.3 is 0 Å². The number of carbonyl (C=O) groups excluding carboxylic acids is 2. The molecule has 2 heterocycles. The lowest BCUT2D eigenvalue weighted by atomic mass is 10.1. The lowest BCUT2D eigenvalue weighted by molar-refractivity contribution is -0.125. The molecule has 1 aromatic heterocycles. The third-order valence-corrected chi connectivity index (χ3v) is 4.37. The van der Waals surface area contributed by atoms with Gasteiger partial charge in [-0.1, -0.05) is 12.1 Å². The zero-order chi connectivity index (χ0) is 19.8. The summed E-state index contributed by atoms with van der Waals surface area (Å²) >= 11 is 0. The number of nitrogens with one attached hydrogen (secondary N) is 2. The lowest BCUT2D eigenvalue weighted by Crippen LogP contribution is -2.35. The molecule has 0 saturated heterocycles. The first-order valence-electron chi connectivity index (χ1n) is 8.31. The van der Waals surface area contributed by atoms with Crippen molar-refractivity contribution in [3.05, 3.63) is 66.1 Å². The number of benzene rings is 2. The monoisotopic (exact) mass is 386 g/mol. The zero-order valence-electron chi connectivity index (χ0n) is 14.2. The fourth-order valence-electron chi connectivity index (χ4n) is 3.01. The predicted molar refractivity (Wildman–Crippen MR) is 94.9 cm³/mol. The smallest absolute Gasteiger partial charge is 0.249 e. The quantitative estimate of drug-likeness (QED) is 0.724. The first kappa shape index (κ1) is 17.8. The molecule has 142 valence electrons. The molecule has 28 heavy (non-hydrogen) atoms. The van der Waals surface area contributed by atoms with Gasteiger partial charge in [0.15, 0.2) is 11.6 Å². The Morgan fingerprint density at radius 3 is 2.57 bits per heavy atom. The van der Waals surface area contributed by atoms with E-state index in [1.807, 2.05) is 0 Å². The molecule has 0 saturated carbocycles. The van der Waals surface area contributed by atoms with Crippen LogP contribution in [0.4, 0.5) is 24.7 Å². The van der Waals surface area contributed by atoms with E-state index in [1.165, 1.54) is 41.2 Å². The molecule has 0 aliphatic carbocycles. The SMILES string of the molecule is O=C1C[C@@H](C(=O)Nc2ccc(F)c(F)c2)n2ncc(-c3ccc(F)cc3)c2N1. The van der Waals surface area contributed by atoms with E-state index in [1.54, 1.807) is 0 Å². The fraction of sp³-hybridized carbons (Fsp3) is 0.105. The molecule has 2 aromatic carbocycles. The molecule has 0 bridgehead atoms. The van der Waals surface area contributed by atoms with Crippen LogP contribution in [-0.2, 0) is 9.59 Å². The Kier molecular flexibility index (Phi) is 4.34. The molecule has 1 aliphatic heterocycles. The second-order valence-corrected chi connectivity index (χ2v) is 6.24. The number of amides is 2. The molecule has 1 atom stereocenters. The van der Waals surface area contributed by atoms with Crippen LogP contribution in [0.1, 0.15) is 12.5 Å². The van der Waals surface area contributed by atoms with Gasteiger partial charge in [0.1, 0.15) is 17.7 Å². The summed E-state index contributed by atoms with van der Waals surface area (Å²) in [5, 5.41) is 9.31. The standard InChI is InChI=1S/C19H13F3N4O2/c20-11-3-1-10(2-4-11)13-9-23-26-16(8-17(27)25-18(13)26)19(28)24-12-5-6-14(21)15(22)7-12/h1-7,9,16H,8H2,(H,24,28)(H,25,27)/t16-/m0/s1. The number of hydrogen-bond donors (Lipinski definition) is 2. The van der Waals surface area contributed by atoms with Gasteiger partial charge in [0.2, 0.25) is 11.8 Å². The summed E-state index contributed by atoms with van der Waals surface area (Å²) in [5.41, 5.74) is 1.20. The van der Waals surface area contributed by atoms with Crippen LogP contribution in [0.3, 0.4) is 0 Å². The molecule has 0 radical (unpaired) electrons. The summed E-state index contributed by atoms with van der Waals surface area (Å²) in [6, 6.07) is 7.59. The average molecular weight is 386 g/mol. The Bertz CT molecular complexity index is 1080. The maximum atomic E-state index is 13.4. The van der Waals surface area contributed by atoms with Gasteiger partial charge in [0.05, 0.1) is 12.6 Å². The average Bonchev–Trinajstić information content (AvgIpc) is 3.08. The molecule has 4 rings (SSSR count). The largest absolute Gasteiger partial charge is 0.324 e. The molecular weight excluding hydrogens is 373 g/mol. The number of fused-ring (bicyclic) bond motifs is 1. The van der Waals surface area contributed by atoms with E-state index in [-0.39, 0.29) is 12.1 Å². The van der Waals surface area contributed by atoms with E-state index < -0.39 is 35.3 Å². The first-order chi connectivity index (χ1) is 13.4. The highest BCUT2D eigenvalue weighted by Crippen LogP contribution is 2.34. The number of rotatable bonds is 3. The van der Waals surface area contributed by atoms with Crippen LogP contribution < -0.4 is 10.6 Å². The molecule has 3 aromatic rings. The van der Waals surface area contributed by atoms with Crippen molar-refractivity contribution in [2.75, 3.05) is 10.6 Å². The third-order valence-electron chi connectivity index (χ3n) is 4.37. The Labute approximate surface area is 157 Å². The highest BCUT2D eigenvalue weighted by Gasteiger charge is 2.33. The van der Waals surface area contributed by atoms with Crippen molar-refractivity contribution in [1.29, 1.82) is 0 Å². The van der Waals surface area contributed by atoms with Crippen molar-refractivity contribution >= 4 is 23.3 Å². The van der Waals surface area contributed by atoms with Gasteiger partial charge in [-0.3, -0.25) is 9.59 Å². The van der Waals surface area contributed by atoms with E-state index in [4.69, 9.17) is 0 Å². The number of hydrogen-bond acceptors (Lipinski definition) is 3. The minimum absolute atomic E-state index is 0.0577. The van der Waals surface area contributed by atoms with E-state index >= 15 is 0 Å². The molecule has 9 heteroatoms. The van der Waals surface area contributed by atoms with Crippen molar-refractivity contribution in [1.82, 2.24) is 9.78 Å². The van der Waals surface area contributed by atoms with E-state index in [0.717, 1.165) is 12.1 Å². The lowest BCUT2D eigenvalue weighted by Gasteiger charge is -2.24. The molecule has 0 fully saturated rings. The normalized spacial score (nSPS) is 15.7. The van der Waals surface area contributed by atoms with Crippen LogP contribution in [0.2, 0.25) is 0 Å². The Hall–Kier alpha value is -3.62. The summed E-state index contributed by atoms with van der Waals surface area (Å²) in [5.74, 6) is -3.24. The maximum Gasteiger partial charge on any atom is 0.249 e. The molecule has 2 N–H and O–H groups in total. The number of aromatic nitrogens is 2. The summed E-state index contributed by atoms with van der Waals surface area (Å²) in [6.45, 7) is 0. The second-order valence-electron chi connectivity index (χ2n) is 6.24. The van der Waals surface area contributed by atoms with Crippen LogP contribution in [0.15, 0.2) is 48.7 Å². The summed E-state index contributed by atoms with van der Waals surface area (Å²) < 4.78 is 40.9. The van der Waals surface area contributed by atoms with Crippen LogP contribution in [-0.4, -0.2) is 21.6 Å². The van der Waals surface area contributed by atoms with Crippen LogP contribution >= 0.6 is 0 Å². The minimum atomic E-state index is -1.10. The first-order valence-corrected chi connectivity index (χ1v) is 8.31. The van der Waals surface area contributed by atoms with E-state index in [2.05, 4.69) is 15.7 Å². The van der Waals surface area contributed by atoms with Crippen molar-refractivity contribution < 1.29 is 22.8 Å². The molecule has 1 aliphatic rings. The Morgan fingerprint density at radius 1 is 1.11 bits per heavy atom. The topological polar surface area (TPSA) is 76.0 Å². The third kappa shape index (κ3) is 3.22. The van der Waals surface area contributed by atoms with Gasteiger partial charge in [-0.05, 0) is 29.8 Å². The number of carbonyl (C=O) groups is 2. The van der Waals surface area contributed by atoms with Crippen molar-refractivity contribution in [3.8, 4) is 11.1 Å². The van der Waals surface area contributed by atoms with E-state index in [9.17, 15) is 22.8 Å². The van der Waals surface area contributed by atoms with Gasteiger partial charge in [0, 0.05) is 17.3 Å². The van der Waals surface area contributed by atoms with E-state index in [0.29, 0.717) is 16.9 Å². The molecule has 6 nitrogen and oxygen atoms in total. The van der Waals surface area contributed by atoms with Crippen LogP contribution in [0, 0.1) is 17.5 Å². The number of nitrogens with zero attached hydrogens (tertiary/aromatic N) is 2. The summed E-state index contributed by atoms with van der Waals surface area (Å²) in [7, 11) is 0. The van der Waals surface area contributed by atoms with Gasteiger partial charge in [-0.2, -0.15) is 5.10 Å². The number of anilines is 2. The summed E-state index contributed by atoms with van der Waals surface area (Å²) in [4.78, 5) is 24.8. The van der Waals surface area contributed by atoms with Crippen LogP contribution in [0.5, 0.6) is 0 Å². The highest BCUT2D eigenvalue weighted by atomic mass is 19.2. The molecule has 2 amide bonds. The Balaban J connectivity index is 1.65. The highest BCUT2D eigenvalue weighted by molar-refractivity contribution is 6.03. The van der Waals surface area contributed by atoms with Crippen molar-refractivity contribution in [3.63, 3.8) is 0 Å². The van der Waals surface area contributed by atoms with Crippen molar-refractivity contribution in [2.24, 2.45) is 0 Å². The fourth-order valence-corrected chi connectivity index (χ4v) is 3.01. The molecular formula is C19H13F3N4O2. The predicted octanol–water partition coefficient (Wildman–Crippen LogP) is 3.49. The molecule has 0 spiro atoms. The maximum absolute atomic E-state index is 13.4.